The fourth-order valence-corrected chi connectivity index (χ4v) is 0.156. The van der Waals surface area contributed by atoms with Crippen LogP contribution in [0.1, 0.15) is 6.92 Å². The van der Waals surface area contributed by atoms with Gasteiger partial charge >= 0.3 is 0 Å². The highest BCUT2D eigenvalue weighted by atomic mass is 35.5. The summed E-state index contributed by atoms with van der Waals surface area (Å²) in [6.45, 7) is 1.62. The molecule has 64 valence electrons. The van der Waals surface area contributed by atoms with Gasteiger partial charge < -0.3 is 11.5 Å². The second-order valence-corrected chi connectivity index (χ2v) is 1.34. The summed E-state index contributed by atoms with van der Waals surface area (Å²) in [7, 11) is 0. The van der Waals surface area contributed by atoms with Crippen LogP contribution in [0.15, 0.2) is 0 Å². The standard InChI is InChI=1S/C3H10N4O.2ClH/c1-2(4)8-7-3(5)6;;/h2H,4H2,1H3,(H4,5,6,7);2*1H. The quantitative estimate of drug-likeness (QED) is 0.205. The van der Waals surface area contributed by atoms with Crippen molar-refractivity contribution in [2.75, 3.05) is 0 Å². The summed E-state index contributed by atoms with van der Waals surface area (Å²) in [6.07, 6.45) is -0.445. The molecule has 0 aromatic rings. The van der Waals surface area contributed by atoms with E-state index in [-0.39, 0.29) is 30.8 Å². The molecule has 0 aromatic carbocycles. The normalized spacial score (nSPS) is 10.2. The summed E-state index contributed by atoms with van der Waals surface area (Å²) >= 11 is 0. The molecule has 0 radical (unpaired) electrons. The van der Waals surface area contributed by atoms with E-state index in [0.29, 0.717) is 0 Å². The Morgan fingerprint density at radius 1 is 1.60 bits per heavy atom. The Kier molecular flexibility index (Phi) is 14.4. The molecule has 7 heteroatoms. The third-order valence-corrected chi connectivity index (χ3v) is 0.355. The van der Waals surface area contributed by atoms with Crippen molar-refractivity contribution in [2.24, 2.45) is 11.5 Å². The minimum absolute atomic E-state index is 0. The fourth-order valence-electron chi connectivity index (χ4n) is 0.156. The van der Waals surface area contributed by atoms with Crippen LogP contribution in [-0.4, -0.2) is 12.2 Å². The molecule has 6 N–H and O–H groups in total. The molecule has 0 bridgehead atoms. The average molecular weight is 191 g/mol. The van der Waals surface area contributed by atoms with Crippen molar-refractivity contribution >= 4 is 30.8 Å². The van der Waals surface area contributed by atoms with Gasteiger partial charge in [-0.3, -0.25) is 10.2 Å². The summed E-state index contributed by atoms with van der Waals surface area (Å²) in [5.41, 5.74) is 12.0. The molecule has 5 nitrogen and oxygen atoms in total. The predicted molar refractivity (Wildman–Crippen MR) is 44.3 cm³/mol. The van der Waals surface area contributed by atoms with E-state index in [1.165, 1.54) is 0 Å². The first kappa shape index (κ1) is 16.4. The van der Waals surface area contributed by atoms with Gasteiger partial charge in [-0.05, 0) is 6.92 Å². The van der Waals surface area contributed by atoms with Crippen LogP contribution in [0.4, 0.5) is 0 Å². The molecule has 0 aromatic heterocycles. The average Bonchev–Trinajstić information content (AvgIpc) is 1.61. The molecule has 1 unspecified atom stereocenters. The predicted octanol–water partition coefficient (Wildman–Crippen LogP) is -0.451. The Morgan fingerprint density at radius 3 is 2.10 bits per heavy atom. The highest BCUT2D eigenvalue weighted by Crippen LogP contribution is 1.69. The number of nitrogens with two attached hydrogens (primary N) is 2. The maximum absolute atomic E-state index is 6.57. The summed E-state index contributed by atoms with van der Waals surface area (Å²) in [4.78, 5) is 4.48. The van der Waals surface area contributed by atoms with Crippen LogP contribution in [0.25, 0.3) is 0 Å². The van der Waals surface area contributed by atoms with Gasteiger partial charge in [0, 0.05) is 0 Å². The van der Waals surface area contributed by atoms with E-state index < -0.39 is 6.23 Å². The van der Waals surface area contributed by atoms with Crippen LogP contribution < -0.4 is 16.9 Å². The second kappa shape index (κ2) is 8.77. The topological polar surface area (TPSA) is 97.1 Å². The lowest BCUT2D eigenvalue weighted by Crippen LogP contribution is -2.36. The van der Waals surface area contributed by atoms with E-state index in [2.05, 4.69) is 10.3 Å². The molecule has 0 aliphatic heterocycles. The highest BCUT2D eigenvalue weighted by Gasteiger charge is 1.90. The van der Waals surface area contributed by atoms with Crippen LogP contribution in [0.2, 0.25) is 0 Å². The van der Waals surface area contributed by atoms with Crippen LogP contribution in [0, 0.1) is 5.41 Å². The molecule has 0 saturated heterocycles. The Morgan fingerprint density at radius 2 is 2.00 bits per heavy atom. The second-order valence-electron chi connectivity index (χ2n) is 1.34. The van der Waals surface area contributed by atoms with Gasteiger partial charge in [0.2, 0.25) is 5.96 Å². The van der Waals surface area contributed by atoms with E-state index in [9.17, 15) is 0 Å². The summed E-state index contributed by atoms with van der Waals surface area (Å²) in [5, 5.41) is 6.57. The monoisotopic (exact) mass is 190 g/mol. The SMILES string of the molecule is CC(N)ONC(=N)N.Cl.Cl. The number of guanidine groups is 1. The smallest absolute Gasteiger partial charge is 0.210 e. The Hall–Kier alpha value is -0.230. The summed E-state index contributed by atoms with van der Waals surface area (Å²) < 4.78 is 0. The van der Waals surface area contributed by atoms with Gasteiger partial charge in [-0.2, -0.15) is 0 Å². The largest absolute Gasteiger partial charge is 0.368 e. The molecule has 0 amide bonds. The van der Waals surface area contributed by atoms with Gasteiger partial charge in [0.15, 0.2) is 0 Å². The number of halogens is 2. The number of hydrogen-bond acceptors (Lipinski definition) is 3. The molecule has 1 atom stereocenters. The van der Waals surface area contributed by atoms with E-state index in [1.807, 2.05) is 0 Å². The van der Waals surface area contributed by atoms with Gasteiger partial charge in [-0.1, -0.05) is 0 Å². The van der Waals surface area contributed by atoms with E-state index >= 15 is 0 Å². The van der Waals surface area contributed by atoms with Crippen molar-refractivity contribution in [1.82, 2.24) is 5.48 Å². The molecular weight excluding hydrogens is 179 g/mol. The first-order chi connectivity index (χ1) is 3.63. The van der Waals surface area contributed by atoms with Crippen molar-refractivity contribution in [3.8, 4) is 0 Å². The van der Waals surface area contributed by atoms with Crippen molar-refractivity contribution < 1.29 is 4.84 Å². The zero-order valence-electron chi connectivity index (χ0n) is 5.46. The lowest BCUT2D eigenvalue weighted by molar-refractivity contribution is 0.0247. The van der Waals surface area contributed by atoms with Crippen molar-refractivity contribution in [1.29, 1.82) is 5.41 Å². The molecule has 10 heavy (non-hydrogen) atoms. The number of hydrogen-bond donors (Lipinski definition) is 4. The Bertz CT molecular complexity index is 88.6. The molecule has 0 saturated carbocycles. The van der Waals surface area contributed by atoms with Crippen LogP contribution in [0.5, 0.6) is 0 Å². The van der Waals surface area contributed by atoms with Gasteiger partial charge in [0.25, 0.3) is 0 Å². The summed E-state index contributed by atoms with van der Waals surface area (Å²) in [6, 6.07) is 0. The third kappa shape index (κ3) is 15.7. The molecule has 0 aliphatic rings. The number of hydroxylamine groups is 1. The minimum atomic E-state index is -0.445. The highest BCUT2D eigenvalue weighted by molar-refractivity contribution is 5.85. The Labute approximate surface area is 71.8 Å². The van der Waals surface area contributed by atoms with E-state index in [1.54, 1.807) is 6.92 Å². The Balaban J connectivity index is -0.000000245. The van der Waals surface area contributed by atoms with Crippen LogP contribution >= 0.6 is 24.8 Å². The van der Waals surface area contributed by atoms with Gasteiger partial charge in [0.1, 0.15) is 6.23 Å². The van der Waals surface area contributed by atoms with Crippen molar-refractivity contribution in [2.45, 2.75) is 13.2 Å². The van der Waals surface area contributed by atoms with Crippen LogP contribution in [0.3, 0.4) is 0 Å². The molecule has 0 fully saturated rings. The van der Waals surface area contributed by atoms with E-state index in [4.69, 9.17) is 16.9 Å². The minimum Gasteiger partial charge on any atom is -0.368 e. The zero-order valence-corrected chi connectivity index (χ0v) is 7.09. The molecular formula is C3H12Cl2N4O. The van der Waals surface area contributed by atoms with Gasteiger partial charge in [-0.25, -0.2) is 5.48 Å². The summed E-state index contributed by atoms with van der Waals surface area (Å²) in [5.74, 6) is -0.248. The fraction of sp³-hybridized carbons (Fsp3) is 0.667. The third-order valence-electron chi connectivity index (χ3n) is 0.355. The number of nitrogens with one attached hydrogen (secondary N) is 2. The molecule has 0 rings (SSSR count). The maximum Gasteiger partial charge on any atom is 0.210 e. The zero-order chi connectivity index (χ0) is 6.57. The van der Waals surface area contributed by atoms with Gasteiger partial charge in [-0.15, -0.1) is 24.8 Å². The van der Waals surface area contributed by atoms with E-state index in [0.717, 1.165) is 0 Å². The lowest BCUT2D eigenvalue weighted by atomic mass is 10.7. The first-order valence-corrected chi connectivity index (χ1v) is 2.14. The molecule has 0 aliphatic carbocycles. The first-order valence-electron chi connectivity index (χ1n) is 2.14. The van der Waals surface area contributed by atoms with Crippen LogP contribution in [-0.2, 0) is 4.84 Å². The maximum atomic E-state index is 6.57. The molecule has 0 heterocycles. The molecule has 0 spiro atoms. The lowest BCUT2D eigenvalue weighted by Gasteiger charge is -2.05. The van der Waals surface area contributed by atoms with Crippen molar-refractivity contribution in [3.63, 3.8) is 0 Å². The van der Waals surface area contributed by atoms with Gasteiger partial charge in [0.05, 0.1) is 0 Å². The number of rotatable bonds is 2. The van der Waals surface area contributed by atoms with Crippen molar-refractivity contribution in [3.05, 3.63) is 0 Å².